The minimum absolute atomic E-state index is 0.0105. The van der Waals surface area contributed by atoms with E-state index in [0.717, 1.165) is 62.1 Å². The summed E-state index contributed by atoms with van der Waals surface area (Å²) in [6.45, 7) is 7.67. The van der Waals surface area contributed by atoms with Crippen molar-refractivity contribution < 1.29 is 33.0 Å². The number of H-pyrrole nitrogens is 1. The number of hydrogen-bond donors (Lipinski definition) is 2. The van der Waals surface area contributed by atoms with Gasteiger partial charge in [-0.3, -0.25) is 14.5 Å². The molecule has 0 saturated carbocycles. The maximum atomic E-state index is 13.3. The van der Waals surface area contributed by atoms with Crippen molar-refractivity contribution in [3.8, 4) is 5.75 Å². The first-order chi connectivity index (χ1) is 20.7. The van der Waals surface area contributed by atoms with Crippen molar-refractivity contribution in [2.45, 2.75) is 34.7 Å². The molecular formula is C29H26Cl3F2N3O6S. The number of nitrogens with zero attached hydrogens (tertiary/aromatic N) is 2. The molecule has 2 aliphatic rings. The van der Waals surface area contributed by atoms with Gasteiger partial charge in [-0.1, -0.05) is 35.0 Å². The van der Waals surface area contributed by atoms with Crippen molar-refractivity contribution >= 4 is 64.5 Å². The Morgan fingerprint density at radius 3 is 2.50 bits per heavy atom. The molecule has 0 unspecified atom stereocenters. The van der Waals surface area contributed by atoms with Crippen LogP contribution in [0.3, 0.4) is 0 Å². The second kappa shape index (κ2) is 13.8. The molecule has 9 nitrogen and oxygen atoms in total. The van der Waals surface area contributed by atoms with Crippen LogP contribution in [0.2, 0.25) is 10.0 Å². The molecule has 3 aromatic rings. The summed E-state index contributed by atoms with van der Waals surface area (Å²) in [5.41, 5.74) is 1.03. The van der Waals surface area contributed by atoms with E-state index in [1.165, 1.54) is 17.2 Å². The Bertz CT molecular complexity index is 1680. The third kappa shape index (κ3) is 7.32. The topological polar surface area (TPSA) is 112 Å². The van der Waals surface area contributed by atoms with E-state index in [1.807, 2.05) is 4.98 Å². The highest BCUT2D eigenvalue weighted by atomic mass is 35.5. The number of halogens is 5. The van der Waals surface area contributed by atoms with Gasteiger partial charge in [0.05, 0.1) is 45.5 Å². The Hall–Kier alpha value is -3.29. The fourth-order valence-electron chi connectivity index (χ4n) is 4.63. The lowest BCUT2D eigenvalue weighted by atomic mass is 10.1. The van der Waals surface area contributed by atoms with Gasteiger partial charge in [0.25, 0.3) is 5.56 Å². The normalized spacial score (nSPS) is 14.8. The molecule has 234 valence electrons. The van der Waals surface area contributed by atoms with Gasteiger partial charge in [0.15, 0.2) is 12.2 Å². The number of benzene rings is 2. The van der Waals surface area contributed by atoms with Crippen molar-refractivity contribution in [1.29, 1.82) is 0 Å². The molecule has 2 aliphatic heterocycles. The van der Waals surface area contributed by atoms with Gasteiger partial charge >= 0.3 is 11.4 Å². The van der Waals surface area contributed by atoms with Gasteiger partial charge in [0.2, 0.25) is 0 Å². The summed E-state index contributed by atoms with van der Waals surface area (Å²) in [5.74, 6) is 0.287. The molecule has 0 amide bonds. The average molecular weight is 689 g/mol. The van der Waals surface area contributed by atoms with Crippen LogP contribution in [0, 0.1) is 0 Å². The van der Waals surface area contributed by atoms with Crippen LogP contribution < -0.4 is 15.2 Å². The van der Waals surface area contributed by atoms with Gasteiger partial charge in [0.1, 0.15) is 11.4 Å². The maximum Gasteiger partial charge on any atom is 0.362 e. The molecule has 2 N–H and O–H groups in total. The van der Waals surface area contributed by atoms with E-state index in [4.69, 9.17) is 49.4 Å². The quantitative estimate of drug-likeness (QED) is 0.201. The highest BCUT2D eigenvalue weighted by molar-refractivity contribution is 7.99. The predicted octanol–water partition coefficient (Wildman–Crippen LogP) is 6.97. The highest BCUT2D eigenvalue weighted by Gasteiger charge is 2.31. The standard InChI is InChI=1S/C15H20N2O2.C14H6Cl3F2NO4S/c1-11-17(5-4-6-19-11)14-7-12-9-16(2)10-13(12)8-15(14)18-3;15-7-2-1-5(13(23)24)10(16)11(7)25-8-3-9(14(17,18)19)20-12(22)6(8)4-21/h7-8H,1,4-6,9-10H2,2-3H3;1-4H,(H,20,22)(H,23,24). The van der Waals surface area contributed by atoms with Crippen LogP contribution in [-0.4, -0.2) is 54.6 Å². The van der Waals surface area contributed by atoms with E-state index in [9.17, 15) is 23.2 Å². The van der Waals surface area contributed by atoms with Crippen molar-refractivity contribution in [3.63, 3.8) is 0 Å². The van der Waals surface area contributed by atoms with Crippen LogP contribution >= 0.6 is 46.6 Å². The molecule has 1 fully saturated rings. The first-order valence-electron chi connectivity index (χ1n) is 12.9. The molecule has 1 saturated heterocycles. The van der Waals surface area contributed by atoms with E-state index in [2.05, 4.69) is 35.6 Å². The molecule has 1 aromatic heterocycles. The van der Waals surface area contributed by atoms with E-state index >= 15 is 0 Å². The number of aromatic amines is 1. The fourth-order valence-corrected chi connectivity index (χ4v) is 6.42. The molecule has 0 radical (unpaired) electrons. The first-order valence-corrected chi connectivity index (χ1v) is 14.9. The summed E-state index contributed by atoms with van der Waals surface area (Å²) in [7, 11) is 3.85. The molecule has 0 spiro atoms. The molecule has 44 heavy (non-hydrogen) atoms. The zero-order chi connectivity index (χ0) is 32.3. The number of rotatable bonds is 7. The van der Waals surface area contributed by atoms with E-state index < -0.39 is 28.2 Å². The number of nitrogens with one attached hydrogen (secondary N) is 1. The molecule has 2 aromatic carbocycles. The largest absolute Gasteiger partial charge is 0.495 e. The third-order valence-corrected chi connectivity index (χ3v) is 9.04. The van der Waals surface area contributed by atoms with E-state index in [0.29, 0.717) is 11.8 Å². The first kappa shape index (κ1) is 33.6. The highest BCUT2D eigenvalue weighted by Crippen LogP contribution is 2.42. The smallest absolute Gasteiger partial charge is 0.362 e. The van der Waals surface area contributed by atoms with Crippen LogP contribution in [-0.2, 0) is 23.2 Å². The van der Waals surface area contributed by atoms with Crippen LogP contribution in [0.5, 0.6) is 5.75 Å². The summed E-state index contributed by atoms with van der Waals surface area (Å²) < 4.78 is 37.7. The van der Waals surface area contributed by atoms with Crippen LogP contribution in [0.4, 0.5) is 14.5 Å². The lowest BCUT2D eigenvalue weighted by molar-refractivity contribution is 0.0696. The fraction of sp³-hybridized carbons (Fsp3) is 0.276. The number of anilines is 1. The van der Waals surface area contributed by atoms with Gasteiger partial charge in [0, 0.05) is 24.5 Å². The number of pyridine rings is 1. The number of ether oxygens (including phenoxy) is 2. The zero-order valence-electron chi connectivity index (χ0n) is 23.4. The Labute approximate surface area is 270 Å². The summed E-state index contributed by atoms with van der Waals surface area (Å²) >= 11 is 17.5. The number of methoxy groups -OCH3 is 1. The van der Waals surface area contributed by atoms with Crippen molar-refractivity contribution in [2.24, 2.45) is 0 Å². The number of fused-ring (bicyclic) bond motifs is 1. The number of carbonyl (C=O) groups excluding carboxylic acids is 1. The number of carboxylic acids is 1. The van der Waals surface area contributed by atoms with Crippen LogP contribution in [0.1, 0.15) is 44.0 Å². The van der Waals surface area contributed by atoms with Gasteiger partial charge in [-0.25, -0.2) is 4.79 Å². The van der Waals surface area contributed by atoms with Crippen molar-refractivity contribution in [1.82, 2.24) is 9.88 Å². The number of carboxylic acid groups (broad SMARTS) is 1. The lowest BCUT2D eigenvalue weighted by Crippen LogP contribution is -2.30. The summed E-state index contributed by atoms with van der Waals surface area (Å²) in [4.78, 5) is 40.1. The number of aldehydes is 1. The van der Waals surface area contributed by atoms with Gasteiger partial charge in [-0.05, 0) is 73.1 Å². The molecule has 15 heteroatoms. The lowest BCUT2D eigenvalue weighted by Gasteiger charge is -2.32. The molecule has 3 heterocycles. The second-order valence-corrected chi connectivity index (χ2v) is 12.1. The Balaban J connectivity index is 0.000000208. The Kier molecular flexibility index (Phi) is 10.5. The number of aromatic nitrogens is 1. The monoisotopic (exact) mass is 687 g/mol. The van der Waals surface area contributed by atoms with E-state index in [1.54, 1.807) is 7.11 Å². The minimum Gasteiger partial charge on any atom is -0.495 e. The predicted molar refractivity (Wildman–Crippen MR) is 165 cm³/mol. The van der Waals surface area contributed by atoms with Crippen molar-refractivity contribution in [2.75, 3.05) is 32.2 Å². The number of hydrogen-bond acceptors (Lipinski definition) is 8. The number of aromatic carboxylic acids is 1. The van der Waals surface area contributed by atoms with E-state index in [-0.39, 0.29) is 31.7 Å². The molecule has 0 bridgehead atoms. The summed E-state index contributed by atoms with van der Waals surface area (Å²) in [6, 6.07) is 7.56. The summed E-state index contributed by atoms with van der Waals surface area (Å²) in [6.07, 6.45) is 1.18. The SMILES string of the molecule is C=C1OCCCN1c1cc2c(cc1OC)CN(C)C2.O=Cc1c(Sc2c(Cl)ccc(C(=O)O)c2Cl)cc(C(F)(F)Cl)[nH]c1=O. The van der Waals surface area contributed by atoms with Gasteiger partial charge < -0.3 is 24.5 Å². The van der Waals surface area contributed by atoms with Crippen LogP contribution in [0.25, 0.3) is 0 Å². The van der Waals surface area contributed by atoms with Crippen molar-refractivity contribution in [3.05, 3.63) is 91.1 Å². The number of alkyl halides is 3. The summed E-state index contributed by atoms with van der Waals surface area (Å²) in [5, 5.41) is 4.94. The zero-order valence-corrected chi connectivity index (χ0v) is 26.5. The molecule has 0 atom stereocenters. The van der Waals surface area contributed by atoms with Crippen LogP contribution in [0.15, 0.2) is 57.4 Å². The Morgan fingerprint density at radius 2 is 1.91 bits per heavy atom. The third-order valence-electron chi connectivity index (χ3n) is 6.72. The maximum absolute atomic E-state index is 13.3. The molecule has 0 aliphatic carbocycles. The second-order valence-electron chi connectivity index (χ2n) is 9.76. The molecular weight excluding hydrogens is 663 g/mol. The Morgan fingerprint density at radius 1 is 1.23 bits per heavy atom. The molecule has 5 rings (SSSR count). The van der Waals surface area contributed by atoms with Gasteiger partial charge in [-0.15, -0.1) is 0 Å². The van der Waals surface area contributed by atoms with Gasteiger partial charge in [-0.2, -0.15) is 8.78 Å². The number of carbonyl (C=O) groups is 2. The average Bonchev–Trinajstić information content (AvgIpc) is 3.33. The minimum atomic E-state index is -3.88.